The van der Waals surface area contributed by atoms with Gasteiger partial charge in [0.2, 0.25) is 0 Å². The largest absolute Gasteiger partial charge is 0.147 e. The number of aryl methyl sites for hydroxylation is 3. The molecule has 0 nitrogen and oxygen atoms in total. The fraction of sp³-hybridized carbons (Fsp3) is 0.286. The van der Waals surface area contributed by atoms with Crippen LogP contribution < -0.4 is 0 Å². The van der Waals surface area contributed by atoms with E-state index in [1.54, 1.807) is 0 Å². The van der Waals surface area contributed by atoms with Gasteiger partial charge in [-0.05, 0) is 48.9 Å². The minimum absolute atomic E-state index is 0.327. The lowest BCUT2D eigenvalue weighted by Gasteiger charge is -2.13. The maximum Gasteiger partial charge on any atom is 0.0743 e. The molecule has 0 fully saturated rings. The maximum absolute atomic E-state index is 3.81. The van der Waals surface area contributed by atoms with E-state index in [4.69, 9.17) is 0 Å². The van der Waals surface area contributed by atoms with Crippen molar-refractivity contribution in [3.8, 4) is 0 Å². The molecule has 2 heteroatoms. The molecule has 0 amide bonds. The second kappa shape index (κ2) is 4.72. The Bertz CT molecular complexity index is 499. The van der Waals surface area contributed by atoms with Gasteiger partial charge < -0.3 is 0 Å². The highest BCUT2D eigenvalue weighted by Crippen LogP contribution is 2.37. The van der Waals surface area contributed by atoms with Crippen molar-refractivity contribution in [3.05, 3.63) is 56.8 Å². The average molecular weight is 295 g/mol. The molecule has 0 saturated carbocycles. The van der Waals surface area contributed by atoms with Gasteiger partial charge in [-0.25, -0.2) is 0 Å². The first-order chi connectivity index (χ1) is 7.59. The molecule has 1 unspecified atom stereocenters. The van der Waals surface area contributed by atoms with Gasteiger partial charge in [0.1, 0.15) is 0 Å². The Morgan fingerprint density at radius 3 is 2.38 bits per heavy atom. The van der Waals surface area contributed by atoms with Gasteiger partial charge in [-0.1, -0.05) is 39.7 Å². The maximum atomic E-state index is 3.81. The van der Waals surface area contributed by atoms with Gasteiger partial charge in [0.05, 0.1) is 4.83 Å². The Kier molecular flexibility index (Phi) is 3.50. The minimum Gasteiger partial charge on any atom is -0.147 e. The van der Waals surface area contributed by atoms with Crippen molar-refractivity contribution >= 4 is 27.3 Å². The van der Waals surface area contributed by atoms with E-state index in [1.807, 2.05) is 11.3 Å². The van der Waals surface area contributed by atoms with Crippen LogP contribution in [-0.2, 0) is 0 Å². The molecule has 16 heavy (non-hydrogen) atoms. The quantitative estimate of drug-likeness (QED) is 0.671. The molecule has 84 valence electrons. The zero-order valence-electron chi connectivity index (χ0n) is 9.75. The van der Waals surface area contributed by atoms with Crippen molar-refractivity contribution in [2.24, 2.45) is 0 Å². The number of alkyl halides is 1. The van der Waals surface area contributed by atoms with Crippen LogP contribution in [0.25, 0.3) is 0 Å². The van der Waals surface area contributed by atoms with Crippen molar-refractivity contribution in [1.29, 1.82) is 0 Å². The standard InChI is InChI=1S/C14H15BrS/c1-9-4-5-12(11(3)8-9)13(15)14-10(2)6-7-16-14/h4-8,13H,1-3H3. The molecule has 0 aliphatic rings. The number of hydrogen-bond acceptors (Lipinski definition) is 1. The molecule has 2 aromatic rings. The Labute approximate surface area is 109 Å². The zero-order chi connectivity index (χ0) is 11.7. The Balaban J connectivity index is 2.41. The summed E-state index contributed by atoms with van der Waals surface area (Å²) in [5.74, 6) is 0. The van der Waals surface area contributed by atoms with Gasteiger partial charge in [-0.3, -0.25) is 0 Å². The number of thiophene rings is 1. The third-order valence-corrected chi connectivity index (χ3v) is 5.17. The molecule has 2 rings (SSSR count). The van der Waals surface area contributed by atoms with Crippen LogP contribution in [-0.4, -0.2) is 0 Å². The Hall–Kier alpha value is -0.600. The zero-order valence-corrected chi connectivity index (χ0v) is 12.2. The molecular weight excluding hydrogens is 280 g/mol. The van der Waals surface area contributed by atoms with E-state index in [1.165, 1.54) is 27.1 Å². The average Bonchev–Trinajstić information content (AvgIpc) is 2.63. The lowest BCUT2D eigenvalue weighted by molar-refractivity contribution is 1.15. The van der Waals surface area contributed by atoms with Crippen LogP contribution in [0, 0.1) is 20.8 Å². The smallest absolute Gasteiger partial charge is 0.0743 e. The van der Waals surface area contributed by atoms with Crippen LogP contribution in [0.3, 0.4) is 0 Å². The van der Waals surface area contributed by atoms with E-state index in [0.717, 1.165) is 0 Å². The molecule has 1 atom stereocenters. The van der Waals surface area contributed by atoms with Crippen LogP contribution in [0.5, 0.6) is 0 Å². The summed E-state index contributed by atoms with van der Waals surface area (Å²) < 4.78 is 0. The fourth-order valence-electron chi connectivity index (χ4n) is 1.90. The number of benzene rings is 1. The molecule has 1 aromatic heterocycles. The Morgan fingerprint density at radius 1 is 1.06 bits per heavy atom. The lowest BCUT2D eigenvalue weighted by Crippen LogP contribution is -1.95. The monoisotopic (exact) mass is 294 g/mol. The minimum atomic E-state index is 0.327. The van der Waals surface area contributed by atoms with E-state index in [0.29, 0.717) is 4.83 Å². The highest BCUT2D eigenvalue weighted by molar-refractivity contribution is 9.09. The van der Waals surface area contributed by atoms with Crippen LogP contribution in [0.1, 0.15) is 32.0 Å². The van der Waals surface area contributed by atoms with Gasteiger partial charge in [0.25, 0.3) is 0 Å². The van der Waals surface area contributed by atoms with E-state index < -0.39 is 0 Å². The summed E-state index contributed by atoms with van der Waals surface area (Å²) in [6.45, 7) is 6.49. The van der Waals surface area contributed by atoms with Crippen molar-refractivity contribution in [1.82, 2.24) is 0 Å². The first-order valence-corrected chi connectivity index (χ1v) is 7.14. The van der Waals surface area contributed by atoms with Gasteiger partial charge >= 0.3 is 0 Å². The Morgan fingerprint density at radius 2 is 1.81 bits per heavy atom. The summed E-state index contributed by atoms with van der Waals surface area (Å²) >= 11 is 5.63. The molecule has 0 radical (unpaired) electrons. The van der Waals surface area contributed by atoms with E-state index in [2.05, 4.69) is 66.3 Å². The third-order valence-electron chi connectivity index (χ3n) is 2.83. The molecule has 0 aliphatic carbocycles. The van der Waals surface area contributed by atoms with E-state index >= 15 is 0 Å². The molecule has 0 bridgehead atoms. The van der Waals surface area contributed by atoms with Gasteiger partial charge in [-0.2, -0.15) is 0 Å². The number of rotatable bonds is 2. The first-order valence-electron chi connectivity index (χ1n) is 5.35. The summed E-state index contributed by atoms with van der Waals surface area (Å²) in [4.78, 5) is 1.74. The molecule has 0 aliphatic heterocycles. The van der Waals surface area contributed by atoms with Crippen LogP contribution in [0.15, 0.2) is 29.6 Å². The van der Waals surface area contributed by atoms with Gasteiger partial charge in [0, 0.05) is 4.88 Å². The van der Waals surface area contributed by atoms with Crippen molar-refractivity contribution < 1.29 is 0 Å². The van der Waals surface area contributed by atoms with Crippen LogP contribution in [0.4, 0.5) is 0 Å². The number of hydrogen-bond donors (Lipinski definition) is 0. The van der Waals surface area contributed by atoms with Crippen molar-refractivity contribution in [2.45, 2.75) is 25.6 Å². The first kappa shape index (κ1) is 11.9. The summed E-state index contributed by atoms with van der Waals surface area (Å²) in [6.07, 6.45) is 0. The van der Waals surface area contributed by atoms with E-state index in [-0.39, 0.29) is 0 Å². The molecule has 1 aromatic carbocycles. The summed E-state index contributed by atoms with van der Waals surface area (Å²) in [5, 5.41) is 2.16. The van der Waals surface area contributed by atoms with Crippen molar-refractivity contribution in [3.63, 3.8) is 0 Å². The topological polar surface area (TPSA) is 0 Å². The summed E-state index contributed by atoms with van der Waals surface area (Å²) in [6, 6.07) is 8.83. The van der Waals surface area contributed by atoms with Crippen LogP contribution in [0.2, 0.25) is 0 Å². The van der Waals surface area contributed by atoms with E-state index in [9.17, 15) is 0 Å². The molecule has 0 saturated heterocycles. The van der Waals surface area contributed by atoms with Gasteiger partial charge in [-0.15, -0.1) is 11.3 Å². The molecule has 0 N–H and O–H groups in total. The van der Waals surface area contributed by atoms with Crippen molar-refractivity contribution in [2.75, 3.05) is 0 Å². The summed E-state index contributed by atoms with van der Waals surface area (Å²) in [7, 11) is 0. The fourth-order valence-corrected chi connectivity index (χ4v) is 4.01. The third kappa shape index (κ3) is 2.23. The number of halogens is 1. The summed E-state index contributed by atoms with van der Waals surface area (Å²) in [5.41, 5.74) is 5.42. The lowest BCUT2D eigenvalue weighted by atomic mass is 10.0. The molecular formula is C14H15BrS. The SMILES string of the molecule is Cc1ccc(C(Br)c2sccc2C)c(C)c1. The molecule has 1 heterocycles. The molecule has 0 spiro atoms. The van der Waals surface area contributed by atoms with Gasteiger partial charge in [0.15, 0.2) is 0 Å². The predicted octanol–water partition coefficient (Wildman–Crippen LogP) is 5.16. The normalized spacial score (nSPS) is 12.8. The highest BCUT2D eigenvalue weighted by atomic mass is 79.9. The second-order valence-electron chi connectivity index (χ2n) is 4.19. The highest BCUT2D eigenvalue weighted by Gasteiger charge is 2.15. The second-order valence-corrected chi connectivity index (χ2v) is 6.05. The van der Waals surface area contributed by atoms with Crippen LogP contribution >= 0.6 is 27.3 Å². The predicted molar refractivity (Wildman–Crippen MR) is 75.7 cm³/mol.